The quantitative estimate of drug-likeness (QED) is 0.795. The molecule has 0 radical (unpaired) electrons. The fourth-order valence-electron chi connectivity index (χ4n) is 2.79. The van der Waals surface area contributed by atoms with Crippen molar-refractivity contribution in [2.75, 3.05) is 19.6 Å². The van der Waals surface area contributed by atoms with E-state index < -0.39 is 0 Å². The second-order valence-electron chi connectivity index (χ2n) is 6.06. The van der Waals surface area contributed by atoms with Gasteiger partial charge >= 0.3 is 0 Å². The van der Waals surface area contributed by atoms with Crippen molar-refractivity contribution in [1.29, 1.82) is 0 Å². The van der Waals surface area contributed by atoms with E-state index in [1.165, 1.54) is 12.8 Å². The van der Waals surface area contributed by atoms with E-state index in [4.69, 9.17) is 0 Å². The summed E-state index contributed by atoms with van der Waals surface area (Å²) in [5.74, 6) is 1.18. The third-order valence-corrected chi connectivity index (χ3v) is 4.41. The highest BCUT2D eigenvalue weighted by atomic mass is 16.2. The summed E-state index contributed by atoms with van der Waals surface area (Å²) in [6.07, 6.45) is 4.60. The zero-order chi connectivity index (χ0) is 12.5. The van der Waals surface area contributed by atoms with E-state index in [1.54, 1.807) is 0 Å². The highest BCUT2D eigenvalue weighted by molar-refractivity contribution is 5.83. The normalized spacial score (nSPS) is 28.7. The molecular weight excluding hydrogens is 212 g/mol. The summed E-state index contributed by atoms with van der Waals surface area (Å²) in [6, 6.07) is 0.340. The van der Waals surface area contributed by atoms with Crippen molar-refractivity contribution < 1.29 is 4.79 Å². The van der Waals surface area contributed by atoms with Gasteiger partial charge in [-0.05, 0) is 52.0 Å². The Morgan fingerprint density at radius 2 is 2.18 bits per heavy atom. The third-order valence-electron chi connectivity index (χ3n) is 4.41. The summed E-state index contributed by atoms with van der Waals surface area (Å²) in [4.78, 5) is 14.9. The van der Waals surface area contributed by atoms with Crippen LogP contribution in [0, 0.1) is 11.3 Å². The number of hydrogen-bond donors (Lipinski definition) is 1. The highest BCUT2D eigenvalue weighted by Gasteiger charge is 2.43. The lowest BCUT2D eigenvalue weighted by atomic mass is 9.82. The first kappa shape index (κ1) is 12.9. The van der Waals surface area contributed by atoms with Crippen LogP contribution in [0.4, 0.5) is 0 Å². The Morgan fingerprint density at radius 1 is 1.47 bits per heavy atom. The second-order valence-corrected chi connectivity index (χ2v) is 6.06. The van der Waals surface area contributed by atoms with Crippen LogP contribution in [0.5, 0.6) is 0 Å². The molecule has 1 N–H and O–H groups in total. The summed E-state index contributed by atoms with van der Waals surface area (Å²) in [5, 5.41) is 3.36. The van der Waals surface area contributed by atoms with Gasteiger partial charge in [-0.25, -0.2) is 0 Å². The van der Waals surface area contributed by atoms with Crippen molar-refractivity contribution in [2.24, 2.45) is 11.3 Å². The van der Waals surface area contributed by atoms with E-state index in [0.29, 0.717) is 11.9 Å². The summed E-state index contributed by atoms with van der Waals surface area (Å²) < 4.78 is 0. The third kappa shape index (κ3) is 2.65. The summed E-state index contributed by atoms with van der Waals surface area (Å²) in [6.45, 7) is 9.29. The maximum Gasteiger partial charge on any atom is 0.230 e. The monoisotopic (exact) mass is 238 g/mol. The standard InChI is InChI=1S/C14H26N2O/c1-4-14(7-8-15-10-14)13(17)16(11(2)3)9-12-5-6-12/h11-12,15H,4-10H2,1-3H3. The molecule has 2 fully saturated rings. The molecule has 0 spiro atoms. The molecule has 2 rings (SSSR count). The van der Waals surface area contributed by atoms with Crippen molar-refractivity contribution in [3.05, 3.63) is 0 Å². The zero-order valence-electron chi connectivity index (χ0n) is 11.5. The molecule has 1 heterocycles. The van der Waals surface area contributed by atoms with Crippen LogP contribution in [-0.2, 0) is 4.79 Å². The molecule has 3 nitrogen and oxygen atoms in total. The Hall–Kier alpha value is -0.570. The smallest absolute Gasteiger partial charge is 0.230 e. The van der Waals surface area contributed by atoms with E-state index >= 15 is 0 Å². The van der Waals surface area contributed by atoms with Gasteiger partial charge in [-0.3, -0.25) is 4.79 Å². The van der Waals surface area contributed by atoms with E-state index in [0.717, 1.165) is 38.4 Å². The van der Waals surface area contributed by atoms with Gasteiger partial charge in [-0.2, -0.15) is 0 Å². The molecule has 1 unspecified atom stereocenters. The summed E-state index contributed by atoms with van der Waals surface area (Å²) in [7, 11) is 0. The number of nitrogens with one attached hydrogen (secondary N) is 1. The summed E-state index contributed by atoms with van der Waals surface area (Å²) >= 11 is 0. The van der Waals surface area contributed by atoms with Gasteiger partial charge in [0.25, 0.3) is 0 Å². The Morgan fingerprint density at radius 3 is 2.59 bits per heavy atom. The van der Waals surface area contributed by atoms with Crippen LogP contribution in [0.1, 0.15) is 46.5 Å². The molecule has 98 valence electrons. The molecule has 1 atom stereocenters. The molecule has 17 heavy (non-hydrogen) atoms. The van der Waals surface area contributed by atoms with Crippen LogP contribution in [0.3, 0.4) is 0 Å². The van der Waals surface area contributed by atoms with Gasteiger partial charge in [0.1, 0.15) is 0 Å². The molecule has 0 aromatic carbocycles. The minimum atomic E-state index is -0.112. The Kier molecular flexibility index (Phi) is 3.76. The van der Waals surface area contributed by atoms with Crippen LogP contribution in [-0.4, -0.2) is 36.5 Å². The number of carbonyl (C=O) groups excluding carboxylic acids is 1. The van der Waals surface area contributed by atoms with Gasteiger partial charge in [-0.1, -0.05) is 6.92 Å². The van der Waals surface area contributed by atoms with Crippen molar-refractivity contribution in [1.82, 2.24) is 10.2 Å². The maximum absolute atomic E-state index is 12.8. The Balaban J connectivity index is 2.07. The Labute approximate surface area is 105 Å². The average molecular weight is 238 g/mol. The zero-order valence-corrected chi connectivity index (χ0v) is 11.5. The molecule has 1 saturated carbocycles. The fourth-order valence-corrected chi connectivity index (χ4v) is 2.79. The lowest BCUT2D eigenvalue weighted by molar-refractivity contribution is -0.143. The van der Waals surface area contributed by atoms with E-state index in [-0.39, 0.29) is 5.41 Å². The number of carbonyl (C=O) groups is 1. The predicted octanol–water partition coefficient (Wildman–Crippen LogP) is 2.02. The van der Waals surface area contributed by atoms with Crippen molar-refractivity contribution >= 4 is 5.91 Å². The van der Waals surface area contributed by atoms with Crippen LogP contribution in [0.2, 0.25) is 0 Å². The average Bonchev–Trinajstić information content (AvgIpc) is 2.99. The molecule has 0 aromatic rings. The molecule has 1 aliphatic heterocycles. The maximum atomic E-state index is 12.8. The lowest BCUT2D eigenvalue weighted by Gasteiger charge is -2.36. The predicted molar refractivity (Wildman–Crippen MR) is 69.8 cm³/mol. The van der Waals surface area contributed by atoms with Crippen LogP contribution in [0.25, 0.3) is 0 Å². The first-order chi connectivity index (χ1) is 8.09. The van der Waals surface area contributed by atoms with Gasteiger partial charge in [-0.15, -0.1) is 0 Å². The second kappa shape index (κ2) is 4.97. The highest BCUT2D eigenvalue weighted by Crippen LogP contribution is 2.35. The van der Waals surface area contributed by atoms with Crippen LogP contribution < -0.4 is 5.32 Å². The van der Waals surface area contributed by atoms with Gasteiger partial charge in [0.05, 0.1) is 5.41 Å². The van der Waals surface area contributed by atoms with E-state index in [1.807, 2.05) is 0 Å². The molecule has 1 aliphatic carbocycles. The molecule has 0 aromatic heterocycles. The van der Waals surface area contributed by atoms with Gasteiger partial charge in [0, 0.05) is 19.1 Å². The first-order valence-corrected chi connectivity index (χ1v) is 7.11. The van der Waals surface area contributed by atoms with Crippen molar-refractivity contribution in [3.63, 3.8) is 0 Å². The number of hydrogen-bond acceptors (Lipinski definition) is 2. The topological polar surface area (TPSA) is 32.3 Å². The minimum Gasteiger partial charge on any atom is -0.339 e. The first-order valence-electron chi connectivity index (χ1n) is 7.11. The van der Waals surface area contributed by atoms with Crippen LogP contribution in [0.15, 0.2) is 0 Å². The molecule has 1 amide bonds. The SMILES string of the molecule is CCC1(C(=O)N(CC2CC2)C(C)C)CCNC1. The van der Waals surface area contributed by atoms with Gasteiger partial charge in [0.2, 0.25) is 5.91 Å². The van der Waals surface area contributed by atoms with Gasteiger partial charge in [0.15, 0.2) is 0 Å². The fraction of sp³-hybridized carbons (Fsp3) is 0.929. The van der Waals surface area contributed by atoms with Crippen molar-refractivity contribution in [3.8, 4) is 0 Å². The van der Waals surface area contributed by atoms with Gasteiger partial charge < -0.3 is 10.2 Å². The van der Waals surface area contributed by atoms with Crippen molar-refractivity contribution in [2.45, 2.75) is 52.5 Å². The van der Waals surface area contributed by atoms with E-state index in [9.17, 15) is 4.79 Å². The molecule has 3 heteroatoms. The number of amides is 1. The lowest BCUT2D eigenvalue weighted by Crippen LogP contribution is -2.48. The summed E-state index contributed by atoms with van der Waals surface area (Å²) in [5.41, 5.74) is -0.112. The molecule has 1 saturated heterocycles. The van der Waals surface area contributed by atoms with Crippen LogP contribution >= 0.6 is 0 Å². The molecular formula is C14H26N2O. The molecule has 2 aliphatic rings. The number of rotatable bonds is 5. The minimum absolute atomic E-state index is 0.112. The van der Waals surface area contributed by atoms with E-state index in [2.05, 4.69) is 31.0 Å². The number of nitrogens with zero attached hydrogens (tertiary/aromatic N) is 1. The largest absolute Gasteiger partial charge is 0.339 e. The Bertz CT molecular complexity index is 278. The molecule has 0 bridgehead atoms.